The third-order valence-electron chi connectivity index (χ3n) is 7.68. The summed E-state index contributed by atoms with van der Waals surface area (Å²) < 4.78 is 47.3. The van der Waals surface area contributed by atoms with Crippen LogP contribution >= 0.6 is 0 Å². The van der Waals surface area contributed by atoms with Gasteiger partial charge < -0.3 is 20.3 Å². The molecule has 1 aromatic rings. The smallest absolute Gasteiger partial charge is 0.408 e. The Morgan fingerprint density at radius 1 is 1.10 bits per heavy atom. The Hall–Kier alpha value is -3.48. The number of allylic oxidation sites excluding steroid dienone is 1. The summed E-state index contributed by atoms with van der Waals surface area (Å²) in [6.45, 7) is 5.45. The number of fused-ring (bicyclic) bond motifs is 2. The van der Waals surface area contributed by atoms with E-state index in [1.807, 2.05) is 10.8 Å². The molecule has 4 atom stereocenters. The molecule has 0 radical (unpaired) electrons. The summed E-state index contributed by atoms with van der Waals surface area (Å²) in [6.07, 6.45) is 7.24. The van der Waals surface area contributed by atoms with E-state index in [1.54, 1.807) is 26.8 Å². The van der Waals surface area contributed by atoms with Gasteiger partial charge in [0.1, 0.15) is 33.9 Å². The summed E-state index contributed by atoms with van der Waals surface area (Å²) in [5.41, 5.74) is -2.33. The van der Waals surface area contributed by atoms with Crippen LogP contribution in [0.15, 0.2) is 41.3 Å². The van der Waals surface area contributed by atoms with Gasteiger partial charge in [-0.1, -0.05) is 37.1 Å². The maximum atomic E-state index is 14.2. The molecule has 1 saturated heterocycles. The number of nitrogens with zero attached hydrogens (tertiary/aromatic N) is 1. The molecule has 0 unspecified atom stereocenters. The Labute approximate surface area is 245 Å². The quantitative estimate of drug-likeness (QED) is 0.446. The summed E-state index contributed by atoms with van der Waals surface area (Å²) >= 11 is 0. The number of carbonyl (C=O) groups excluding carboxylic acids is 4. The van der Waals surface area contributed by atoms with E-state index >= 15 is 0 Å². The molecule has 2 aliphatic heterocycles. The van der Waals surface area contributed by atoms with E-state index in [1.165, 1.54) is 17.0 Å². The first-order chi connectivity index (χ1) is 19.7. The van der Waals surface area contributed by atoms with Crippen LogP contribution < -0.4 is 15.4 Å². The van der Waals surface area contributed by atoms with E-state index in [9.17, 15) is 32.0 Å². The van der Waals surface area contributed by atoms with Crippen LogP contribution in [0.3, 0.4) is 0 Å². The zero-order valence-electron chi connectivity index (χ0n) is 24.2. The van der Waals surface area contributed by atoms with E-state index in [0.717, 1.165) is 25.0 Å². The van der Waals surface area contributed by atoms with Crippen LogP contribution in [0.4, 0.5) is 9.18 Å². The third kappa shape index (κ3) is 7.29. The van der Waals surface area contributed by atoms with Crippen LogP contribution in [-0.4, -0.2) is 66.9 Å². The van der Waals surface area contributed by atoms with Gasteiger partial charge in [0.15, 0.2) is 0 Å². The predicted octanol–water partition coefficient (Wildman–Crippen LogP) is 2.91. The zero-order valence-corrected chi connectivity index (χ0v) is 25.0. The molecule has 42 heavy (non-hydrogen) atoms. The van der Waals surface area contributed by atoms with Crippen molar-refractivity contribution in [1.29, 1.82) is 0 Å². The van der Waals surface area contributed by atoms with Gasteiger partial charge in [-0.2, -0.15) is 0 Å². The van der Waals surface area contributed by atoms with Gasteiger partial charge in [-0.05, 0) is 71.4 Å². The lowest BCUT2D eigenvalue weighted by molar-refractivity contribution is -0.141. The minimum absolute atomic E-state index is 0.150. The van der Waals surface area contributed by atoms with Gasteiger partial charge in [-0.3, -0.25) is 14.4 Å². The van der Waals surface area contributed by atoms with Crippen molar-refractivity contribution in [3.8, 4) is 0 Å². The average Bonchev–Trinajstić information content (AvgIpc) is 3.35. The van der Waals surface area contributed by atoms with Crippen LogP contribution in [0, 0.1) is 11.7 Å². The van der Waals surface area contributed by atoms with Crippen LogP contribution in [0.2, 0.25) is 0 Å². The van der Waals surface area contributed by atoms with Crippen molar-refractivity contribution >= 4 is 33.8 Å². The SMILES string of the molecule is CC(C)(C)OC(=O)N[C@H]1CCCCC/C=C\[C@H]2C[C@@]2(C(=O)NS(=O)(=O)c2ccccc2F)NC(=O)[C@@H]2CCCN2C1=O. The number of hydrogen-bond donors (Lipinski definition) is 3. The number of ether oxygens (including phenoxy) is 1. The predicted molar refractivity (Wildman–Crippen MR) is 151 cm³/mol. The number of benzene rings is 1. The van der Waals surface area contributed by atoms with Crippen molar-refractivity contribution in [1.82, 2.24) is 20.3 Å². The molecule has 0 spiro atoms. The molecule has 1 aliphatic carbocycles. The molecule has 0 aromatic heterocycles. The Balaban J connectivity index is 1.57. The first-order valence-electron chi connectivity index (χ1n) is 14.3. The monoisotopic (exact) mass is 606 g/mol. The van der Waals surface area contributed by atoms with Crippen LogP contribution in [0.25, 0.3) is 0 Å². The topological polar surface area (TPSA) is 151 Å². The molecule has 3 N–H and O–H groups in total. The Morgan fingerprint density at radius 3 is 2.55 bits per heavy atom. The standard InChI is InChI=1S/C29H39FN4O7S/c1-28(2,3)41-27(38)31-21-14-8-6-4-5-7-12-19-18-29(19,32-24(35)22-15-11-17-34(22)25(21)36)26(37)33-42(39,40)23-16-10-9-13-20(23)30/h7,9-10,12-13,16,19,21-22H,4-6,8,11,14-15,17-18H2,1-3H3,(H,31,38)(H,32,35)(H,33,37)/b12-7-/t19-,21-,22-,29+/m0/s1. The highest BCUT2D eigenvalue weighted by atomic mass is 32.2. The van der Waals surface area contributed by atoms with E-state index < -0.39 is 73.7 Å². The fourth-order valence-electron chi connectivity index (χ4n) is 5.47. The molecule has 1 aromatic carbocycles. The Bertz CT molecular complexity index is 1360. The molecule has 230 valence electrons. The maximum absolute atomic E-state index is 14.2. The van der Waals surface area contributed by atoms with E-state index in [-0.39, 0.29) is 13.0 Å². The number of nitrogens with one attached hydrogen (secondary N) is 3. The number of hydrogen-bond acceptors (Lipinski definition) is 7. The highest BCUT2D eigenvalue weighted by Gasteiger charge is 2.61. The lowest BCUT2D eigenvalue weighted by atomic mass is 10.0. The van der Waals surface area contributed by atoms with E-state index in [0.29, 0.717) is 32.1 Å². The first-order valence-corrected chi connectivity index (χ1v) is 15.8. The lowest BCUT2D eigenvalue weighted by Gasteiger charge is -2.30. The van der Waals surface area contributed by atoms with E-state index in [4.69, 9.17) is 4.74 Å². The maximum Gasteiger partial charge on any atom is 0.408 e. The molecular weight excluding hydrogens is 567 g/mol. The van der Waals surface area contributed by atoms with Gasteiger partial charge >= 0.3 is 6.09 Å². The molecule has 0 bridgehead atoms. The van der Waals surface area contributed by atoms with Crippen molar-refractivity contribution in [2.45, 2.75) is 100 Å². The molecule has 3 aliphatic rings. The van der Waals surface area contributed by atoms with Crippen LogP contribution in [0.1, 0.15) is 72.1 Å². The second-order valence-electron chi connectivity index (χ2n) is 12.1. The molecule has 4 rings (SSSR count). The second-order valence-corrected chi connectivity index (χ2v) is 13.7. The first kappa shape index (κ1) is 31.5. The van der Waals surface area contributed by atoms with Crippen molar-refractivity contribution in [2.24, 2.45) is 5.92 Å². The average molecular weight is 607 g/mol. The van der Waals surface area contributed by atoms with Gasteiger partial charge in [-0.25, -0.2) is 22.3 Å². The normalized spacial score (nSPS) is 27.8. The summed E-state index contributed by atoms with van der Waals surface area (Å²) in [6, 6.07) is 2.88. The molecular formula is C29H39FN4O7S. The molecule has 13 heteroatoms. The summed E-state index contributed by atoms with van der Waals surface area (Å²) in [4.78, 5) is 54.0. The largest absolute Gasteiger partial charge is 0.444 e. The molecule has 2 fully saturated rings. The number of alkyl carbamates (subject to hydrolysis) is 1. The second kappa shape index (κ2) is 12.4. The fraction of sp³-hybridized carbons (Fsp3) is 0.586. The van der Waals surface area contributed by atoms with E-state index in [2.05, 4.69) is 10.6 Å². The van der Waals surface area contributed by atoms with Gasteiger partial charge in [0.2, 0.25) is 11.8 Å². The van der Waals surface area contributed by atoms with Crippen molar-refractivity contribution in [3.63, 3.8) is 0 Å². The summed E-state index contributed by atoms with van der Waals surface area (Å²) in [7, 11) is -4.56. The molecule has 1 saturated carbocycles. The van der Waals surface area contributed by atoms with Gasteiger partial charge in [0, 0.05) is 12.5 Å². The Kier molecular flexibility index (Phi) is 9.29. The van der Waals surface area contributed by atoms with Crippen molar-refractivity contribution < 1.29 is 36.7 Å². The van der Waals surface area contributed by atoms with Gasteiger partial charge in [0.05, 0.1) is 0 Å². The molecule has 4 amide bonds. The molecule has 11 nitrogen and oxygen atoms in total. The number of halogens is 1. The minimum atomic E-state index is -4.56. The third-order valence-corrected chi connectivity index (χ3v) is 9.04. The van der Waals surface area contributed by atoms with Gasteiger partial charge in [-0.15, -0.1) is 0 Å². The number of carbonyl (C=O) groups is 4. The highest BCUT2D eigenvalue weighted by Crippen LogP contribution is 2.45. The van der Waals surface area contributed by atoms with Crippen molar-refractivity contribution in [2.75, 3.05) is 6.54 Å². The molecule has 2 heterocycles. The number of amides is 4. The fourth-order valence-corrected chi connectivity index (χ4v) is 6.59. The van der Waals surface area contributed by atoms with Crippen LogP contribution in [-0.2, 0) is 29.1 Å². The summed E-state index contributed by atoms with van der Waals surface area (Å²) in [5, 5.41) is 5.41. The summed E-state index contributed by atoms with van der Waals surface area (Å²) in [5.74, 6) is -3.48. The van der Waals surface area contributed by atoms with Gasteiger partial charge in [0.25, 0.3) is 15.9 Å². The number of rotatable bonds is 4. The van der Waals surface area contributed by atoms with Crippen LogP contribution in [0.5, 0.6) is 0 Å². The zero-order chi connectivity index (χ0) is 30.7. The Morgan fingerprint density at radius 2 is 1.83 bits per heavy atom. The lowest BCUT2D eigenvalue weighted by Crippen LogP contribution is -2.58. The minimum Gasteiger partial charge on any atom is -0.444 e. The highest BCUT2D eigenvalue weighted by molar-refractivity contribution is 7.90. The number of sulfonamides is 1. The van der Waals surface area contributed by atoms with Crippen molar-refractivity contribution in [3.05, 3.63) is 42.2 Å².